The summed E-state index contributed by atoms with van der Waals surface area (Å²) in [6.45, 7) is 5.70. The average Bonchev–Trinajstić information content (AvgIpc) is 2.63. The van der Waals surface area contributed by atoms with E-state index in [-0.39, 0.29) is 0 Å². The minimum absolute atomic E-state index is 0.449. The second-order valence-corrected chi connectivity index (χ2v) is 4.46. The first-order valence-corrected chi connectivity index (χ1v) is 5.83. The smallest absolute Gasteiger partial charge is 0.0912 e. The molecule has 1 unspecified atom stereocenters. The molecule has 1 fully saturated rings. The molecule has 1 atom stereocenters. The Morgan fingerprint density at radius 3 is 3.29 bits per heavy atom. The maximum Gasteiger partial charge on any atom is 0.0912 e. The second kappa shape index (κ2) is 4.77. The Kier molecular flexibility index (Phi) is 3.39. The molecule has 2 N–H and O–H groups in total. The highest BCUT2D eigenvalue weighted by Gasteiger charge is 2.12. The molecule has 4 heteroatoms. The van der Waals surface area contributed by atoms with Crippen LogP contribution in [0.2, 0.25) is 0 Å². The first-order valence-electron chi connectivity index (χ1n) is 4.95. The third-order valence-corrected chi connectivity index (χ3v) is 3.34. The number of aryl methyl sites for hydroxylation is 1. The van der Waals surface area contributed by atoms with Crippen LogP contribution >= 0.6 is 11.3 Å². The molecule has 3 nitrogen and oxygen atoms in total. The number of thiophene rings is 1. The zero-order valence-corrected chi connectivity index (χ0v) is 9.19. The molecule has 1 aromatic heterocycles. The van der Waals surface area contributed by atoms with Crippen molar-refractivity contribution >= 4 is 16.3 Å². The third-order valence-electron chi connectivity index (χ3n) is 2.37. The molecule has 2 heterocycles. The summed E-state index contributed by atoms with van der Waals surface area (Å²) in [7, 11) is 0. The number of morpholine rings is 1. The van der Waals surface area contributed by atoms with Crippen molar-refractivity contribution in [3.63, 3.8) is 0 Å². The molecular weight excluding hydrogens is 196 g/mol. The predicted octanol–water partition coefficient (Wildman–Crippen LogP) is 1.46. The van der Waals surface area contributed by atoms with E-state index in [1.54, 1.807) is 11.3 Å². The van der Waals surface area contributed by atoms with E-state index in [0.29, 0.717) is 6.04 Å². The predicted molar refractivity (Wildman–Crippen MR) is 60.2 cm³/mol. The standard InChI is InChI=1S/C10H16N2OS/c1-8-2-5-14-10(8)12-6-9-7-13-4-3-11-9/h2,5,9,11-12H,3-4,6-7H2,1H3. The Balaban J connectivity index is 1.79. The van der Waals surface area contributed by atoms with Crippen LogP contribution in [-0.4, -0.2) is 32.3 Å². The zero-order chi connectivity index (χ0) is 9.80. The molecule has 0 spiro atoms. The maximum atomic E-state index is 5.38. The Hall–Kier alpha value is -0.580. The van der Waals surface area contributed by atoms with Crippen molar-refractivity contribution in [2.75, 3.05) is 31.6 Å². The van der Waals surface area contributed by atoms with Crippen LogP contribution in [0, 0.1) is 6.92 Å². The van der Waals surface area contributed by atoms with Gasteiger partial charge >= 0.3 is 0 Å². The number of anilines is 1. The summed E-state index contributed by atoms with van der Waals surface area (Å²) in [6.07, 6.45) is 0. The molecular formula is C10H16N2OS. The summed E-state index contributed by atoms with van der Waals surface area (Å²) in [5.41, 5.74) is 1.33. The van der Waals surface area contributed by atoms with E-state index in [1.807, 2.05) is 0 Å². The van der Waals surface area contributed by atoms with Gasteiger partial charge in [0.25, 0.3) is 0 Å². The van der Waals surface area contributed by atoms with Gasteiger partial charge in [-0.25, -0.2) is 0 Å². The van der Waals surface area contributed by atoms with E-state index < -0.39 is 0 Å². The van der Waals surface area contributed by atoms with Crippen LogP contribution in [-0.2, 0) is 4.74 Å². The SMILES string of the molecule is Cc1ccsc1NCC1COCCN1. The normalized spacial score (nSPS) is 22.2. The zero-order valence-electron chi connectivity index (χ0n) is 8.38. The summed E-state index contributed by atoms with van der Waals surface area (Å²) >= 11 is 1.76. The minimum atomic E-state index is 0.449. The van der Waals surface area contributed by atoms with Gasteiger partial charge in [-0.05, 0) is 23.9 Å². The Bertz CT molecular complexity index is 281. The van der Waals surface area contributed by atoms with Crippen LogP contribution in [0.15, 0.2) is 11.4 Å². The average molecular weight is 212 g/mol. The van der Waals surface area contributed by atoms with Crippen molar-refractivity contribution in [3.8, 4) is 0 Å². The first-order chi connectivity index (χ1) is 6.86. The fourth-order valence-electron chi connectivity index (χ4n) is 1.52. The molecule has 14 heavy (non-hydrogen) atoms. The molecule has 0 aromatic carbocycles. The first kappa shape index (κ1) is 9.96. The van der Waals surface area contributed by atoms with Gasteiger partial charge in [0.05, 0.1) is 18.2 Å². The number of hydrogen-bond acceptors (Lipinski definition) is 4. The van der Waals surface area contributed by atoms with E-state index in [2.05, 4.69) is 29.0 Å². The van der Waals surface area contributed by atoms with Gasteiger partial charge in [-0.1, -0.05) is 0 Å². The largest absolute Gasteiger partial charge is 0.378 e. The summed E-state index contributed by atoms with van der Waals surface area (Å²) < 4.78 is 5.38. The molecule has 0 saturated carbocycles. The molecule has 78 valence electrons. The Labute approximate surface area is 88.5 Å². The lowest BCUT2D eigenvalue weighted by Crippen LogP contribution is -2.45. The third kappa shape index (κ3) is 2.47. The number of rotatable bonds is 3. The number of hydrogen-bond donors (Lipinski definition) is 2. The topological polar surface area (TPSA) is 33.3 Å². The van der Waals surface area contributed by atoms with E-state index >= 15 is 0 Å². The highest BCUT2D eigenvalue weighted by Crippen LogP contribution is 2.21. The molecule has 1 saturated heterocycles. The van der Waals surface area contributed by atoms with Crippen LogP contribution in [0.25, 0.3) is 0 Å². The lowest BCUT2D eigenvalue weighted by atomic mass is 10.2. The number of ether oxygens (including phenoxy) is 1. The van der Waals surface area contributed by atoms with Crippen LogP contribution < -0.4 is 10.6 Å². The molecule has 0 aliphatic carbocycles. The molecule has 2 rings (SSSR count). The van der Waals surface area contributed by atoms with Crippen LogP contribution in [0.1, 0.15) is 5.56 Å². The molecule has 0 bridgehead atoms. The van der Waals surface area contributed by atoms with Gasteiger partial charge in [0.2, 0.25) is 0 Å². The fourth-order valence-corrected chi connectivity index (χ4v) is 2.35. The van der Waals surface area contributed by atoms with Crippen molar-refractivity contribution in [2.24, 2.45) is 0 Å². The maximum absolute atomic E-state index is 5.38. The summed E-state index contributed by atoms with van der Waals surface area (Å²) in [5, 5.41) is 10.2. The van der Waals surface area contributed by atoms with Gasteiger partial charge in [-0.15, -0.1) is 11.3 Å². The summed E-state index contributed by atoms with van der Waals surface area (Å²) in [5.74, 6) is 0. The monoisotopic (exact) mass is 212 g/mol. The molecule has 1 aromatic rings. The Morgan fingerprint density at radius 2 is 2.64 bits per heavy atom. The summed E-state index contributed by atoms with van der Waals surface area (Å²) in [6, 6.07) is 2.59. The quantitative estimate of drug-likeness (QED) is 0.796. The van der Waals surface area contributed by atoms with E-state index in [1.165, 1.54) is 10.6 Å². The molecule has 1 aliphatic rings. The molecule has 0 amide bonds. The van der Waals surface area contributed by atoms with Gasteiger partial charge in [0.15, 0.2) is 0 Å². The van der Waals surface area contributed by atoms with Gasteiger partial charge in [0.1, 0.15) is 0 Å². The van der Waals surface area contributed by atoms with Crippen molar-refractivity contribution < 1.29 is 4.74 Å². The molecule has 0 radical (unpaired) electrons. The lowest BCUT2D eigenvalue weighted by molar-refractivity contribution is 0.0807. The highest BCUT2D eigenvalue weighted by molar-refractivity contribution is 7.14. The minimum Gasteiger partial charge on any atom is -0.378 e. The van der Waals surface area contributed by atoms with Gasteiger partial charge in [-0.2, -0.15) is 0 Å². The van der Waals surface area contributed by atoms with Crippen LogP contribution in [0.3, 0.4) is 0 Å². The van der Waals surface area contributed by atoms with Gasteiger partial charge < -0.3 is 15.4 Å². The van der Waals surface area contributed by atoms with E-state index in [9.17, 15) is 0 Å². The van der Waals surface area contributed by atoms with Crippen molar-refractivity contribution in [1.29, 1.82) is 0 Å². The van der Waals surface area contributed by atoms with E-state index in [4.69, 9.17) is 4.74 Å². The van der Waals surface area contributed by atoms with Gasteiger partial charge in [-0.3, -0.25) is 0 Å². The van der Waals surface area contributed by atoms with E-state index in [0.717, 1.165) is 26.3 Å². The van der Waals surface area contributed by atoms with Crippen molar-refractivity contribution in [3.05, 3.63) is 17.0 Å². The van der Waals surface area contributed by atoms with Gasteiger partial charge in [0, 0.05) is 19.1 Å². The highest BCUT2D eigenvalue weighted by atomic mass is 32.1. The number of nitrogens with one attached hydrogen (secondary N) is 2. The van der Waals surface area contributed by atoms with Crippen LogP contribution in [0.5, 0.6) is 0 Å². The Morgan fingerprint density at radius 1 is 1.71 bits per heavy atom. The molecule has 1 aliphatic heterocycles. The fraction of sp³-hybridized carbons (Fsp3) is 0.600. The lowest BCUT2D eigenvalue weighted by Gasteiger charge is -2.24. The van der Waals surface area contributed by atoms with Crippen LogP contribution in [0.4, 0.5) is 5.00 Å². The van der Waals surface area contributed by atoms with Crippen molar-refractivity contribution in [2.45, 2.75) is 13.0 Å². The van der Waals surface area contributed by atoms with Crippen molar-refractivity contribution in [1.82, 2.24) is 5.32 Å². The second-order valence-electron chi connectivity index (χ2n) is 3.54. The summed E-state index contributed by atoms with van der Waals surface area (Å²) in [4.78, 5) is 0.